The van der Waals surface area contributed by atoms with Crippen LogP contribution in [-0.2, 0) is 21.5 Å². The Morgan fingerprint density at radius 2 is 2.15 bits per heavy atom. The van der Waals surface area contributed by atoms with Gasteiger partial charge in [-0.25, -0.2) is 0 Å². The van der Waals surface area contributed by atoms with Gasteiger partial charge in [0.25, 0.3) is 0 Å². The minimum absolute atomic E-state index is 0.106. The second-order valence-corrected chi connectivity index (χ2v) is 8.18. The van der Waals surface area contributed by atoms with Crippen molar-refractivity contribution >= 4 is 5.91 Å². The van der Waals surface area contributed by atoms with Gasteiger partial charge in [-0.05, 0) is 51.2 Å². The lowest BCUT2D eigenvalue weighted by molar-refractivity contribution is -0.126. The molecule has 0 spiro atoms. The van der Waals surface area contributed by atoms with E-state index in [0.29, 0.717) is 19.6 Å². The molecule has 1 amide bonds. The third-order valence-electron chi connectivity index (χ3n) is 5.41. The first-order chi connectivity index (χ1) is 12.9. The number of amides is 1. The largest absolute Gasteiger partial charge is 0.376 e. The topological polar surface area (TPSA) is 69.0 Å². The molecule has 1 atom stereocenters. The summed E-state index contributed by atoms with van der Waals surface area (Å²) in [4.78, 5) is 12.8. The summed E-state index contributed by atoms with van der Waals surface area (Å²) in [5.74, 6) is 0.106. The molecule has 1 aromatic carbocycles. The SMILES string of the molecule is Cc1ccccc1C1(CC(=O)NCCCn2ccnn2)CCOC(C)(C)C1. The first kappa shape index (κ1) is 19.5. The molecule has 2 heterocycles. The maximum absolute atomic E-state index is 12.8. The highest BCUT2D eigenvalue weighted by molar-refractivity contribution is 5.77. The van der Waals surface area contributed by atoms with Crippen LogP contribution < -0.4 is 5.32 Å². The van der Waals surface area contributed by atoms with E-state index in [1.807, 2.05) is 6.20 Å². The van der Waals surface area contributed by atoms with Crippen molar-refractivity contribution in [1.82, 2.24) is 20.3 Å². The van der Waals surface area contributed by atoms with Crippen molar-refractivity contribution in [3.63, 3.8) is 0 Å². The quantitative estimate of drug-likeness (QED) is 0.761. The fraction of sp³-hybridized carbons (Fsp3) is 0.571. The van der Waals surface area contributed by atoms with Gasteiger partial charge in [0.05, 0.1) is 11.8 Å². The van der Waals surface area contributed by atoms with Gasteiger partial charge in [0.15, 0.2) is 0 Å². The van der Waals surface area contributed by atoms with Crippen molar-refractivity contribution < 1.29 is 9.53 Å². The number of nitrogens with zero attached hydrogens (tertiary/aromatic N) is 3. The molecule has 0 saturated carbocycles. The Morgan fingerprint density at radius 1 is 1.33 bits per heavy atom. The molecule has 1 fully saturated rings. The number of nitrogens with one attached hydrogen (secondary N) is 1. The second-order valence-electron chi connectivity index (χ2n) is 8.18. The Bertz CT molecular complexity index is 757. The molecule has 0 aliphatic carbocycles. The van der Waals surface area contributed by atoms with Crippen molar-refractivity contribution in [3.05, 3.63) is 47.8 Å². The molecule has 0 bridgehead atoms. The van der Waals surface area contributed by atoms with Gasteiger partial charge in [0, 0.05) is 37.7 Å². The number of rotatable bonds is 7. The predicted octanol–water partition coefficient (Wildman–Crippen LogP) is 3.01. The molecule has 3 rings (SSSR count). The monoisotopic (exact) mass is 370 g/mol. The zero-order valence-electron chi connectivity index (χ0n) is 16.6. The second kappa shape index (κ2) is 8.21. The average Bonchev–Trinajstić information content (AvgIpc) is 3.11. The first-order valence-electron chi connectivity index (χ1n) is 9.71. The molecule has 1 aliphatic heterocycles. The summed E-state index contributed by atoms with van der Waals surface area (Å²) >= 11 is 0. The lowest BCUT2D eigenvalue weighted by Crippen LogP contribution is -2.47. The number of benzene rings is 1. The predicted molar refractivity (Wildman–Crippen MR) is 104 cm³/mol. The van der Waals surface area contributed by atoms with Crippen molar-refractivity contribution in [1.29, 1.82) is 0 Å². The van der Waals surface area contributed by atoms with Crippen LogP contribution in [0.3, 0.4) is 0 Å². The van der Waals surface area contributed by atoms with E-state index >= 15 is 0 Å². The maximum atomic E-state index is 12.8. The molecule has 1 unspecified atom stereocenters. The van der Waals surface area contributed by atoms with Crippen LogP contribution in [0.1, 0.15) is 50.7 Å². The highest BCUT2D eigenvalue weighted by Gasteiger charge is 2.44. The molecule has 1 saturated heterocycles. The standard InChI is InChI=1S/C21H30N4O2/c1-17-7-4-5-8-18(17)21(9-14-27-20(2,3)16-21)15-19(26)22-10-6-12-25-13-11-23-24-25/h4-5,7-8,11,13H,6,9-10,12,14-16H2,1-3H3,(H,22,26). The summed E-state index contributed by atoms with van der Waals surface area (Å²) in [6.45, 7) is 8.45. The number of hydrogen-bond acceptors (Lipinski definition) is 4. The minimum Gasteiger partial charge on any atom is -0.376 e. The van der Waals surface area contributed by atoms with Crippen LogP contribution in [0, 0.1) is 6.92 Å². The molecule has 1 aliphatic rings. The van der Waals surface area contributed by atoms with Crippen LogP contribution in [0.5, 0.6) is 0 Å². The molecule has 2 aromatic rings. The molecular formula is C21H30N4O2. The van der Waals surface area contributed by atoms with E-state index in [0.717, 1.165) is 25.8 Å². The lowest BCUT2D eigenvalue weighted by atomic mass is 9.66. The fourth-order valence-electron chi connectivity index (χ4n) is 4.31. The van der Waals surface area contributed by atoms with Gasteiger partial charge in [-0.15, -0.1) is 5.10 Å². The molecule has 1 N–H and O–H groups in total. The van der Waals surface area contributed by atoms with Crippen LogP contribution in [-0.4, -0.2) is 39.7 Å². The van der Waals surface area contributed by atoms with Crippen LogP contribution in [0.25, 0.3) is 0 Å². The average molecular weight is 370 g/mol. The Hall–Kier alpha value is -2.21. The third-order valence-corrected chi connectivity index (χ3v) is 5.41. The van der Waals surface area contributed by atoms with E-state index < -0.39 is 0 Å². The minimum atomic E-state index is -0.228. The van der Waals surface area contributed by atoms with Gasteiger partial charge in [-0.2, -0.15) is 0 Å². The number of hydrogen-bond donors (Lipinski definition) is 1. The van der Waals surface area contributed by atoms with Gasteiger partial charge in [0.2, 0.25) is 5.91 Å². The zero-order chi connectivity index (χ0) is 19.3. The Labute approximate surface area is 161 Å². The highest BCUT2D eigenvalue weighted by Crippen LogP contribution is 2.45. The van der Waals surface area contributed by atoms with Crippen molar-refractivity contribution in [2.75, 3.05) is 13.2 Å². The molecular weight excluding hydrogens is 340 g/mol. The molecule has 1 aromatic heterocycles. The smallest absolute Gasteiger partial charge is 0.220 e. The van der Waals surface area contributed by atoms with Crippen LogP contribution in [0.4, 0.5) is 0 Å². The first-order valence-corrected chi connectivity index (χ1v) is 9.71. The summed E-state index contributed by atoms with van der Waals surface area (Å²) in [6, 6.07) is 8.44. The summed E-state index contributed by atoms with van der Waals surface area (Å²) in [5, 5.41) is 10.8. The van der Waals surface area contributed by atoms with Gasteiger partial charge in [-0.3, -0.25) is 9.48 Å². The highest BCUT2D eigenvalue weighted by atomic mass is 16.5. The number of carbonyl (C=O) groups excluding carboxylic acids is 1. The van der Waals surface area contributed by atoms with Crippen LogP contribution in [0.2, 0.25) is 0 Å². The van der Waals surface area contributed by atoms with Gasteiger partial charge in [-0.1, -0.05) is 29.5 Å². The van der Waals surface area contributed by atoms with E-state index in [2.05, 4.69) is 60.7 Å². The van der Waals surface area contributed by atoms with E-state index in [9.17, 15) is 4.79 Å². The Morgan fingerprint density at radius 3 is 2.85 bits per heavy atom. The van der Waals surface area contributed by atoms with Gasteiger partial charge >= 0.3 is 0 Å². The molecule has 6 nitrogen and oxygen atoms in total. The van der Waals surface area contributed by atoms with Crippen LogP contribution >= 0.6 is 0 Å². The zero-order valence-corrected chi connectivity index (χ0v) is 16.6. The molecule has 0 radical (unpaired) electrons. The Balaban J connectivity index is 1.66. The van der Waals surface area contributed by atoms with Crippen LogP contribution in [0.15, 0.2) is 36.7 Å². The Kier molecular flexibility index (Phi) is 5.95. The summed E-state index contributed by atoms with van der Waals surface area (Å²) in [6.07, 6.45) is 6.54. The summed E-state index contributed by atoms with van der Waals surface area (Å²) in [7, 11) is 0. The molecule has 146 valence electrons. The summed E-state index contributed by atoms with van der Waals surface area (Å²) in [5.41, 5.74) is 2.12. The van der Waals surface area contributed by atoms with E-state index in [1.165, 1.54) is 11.1 Å². The van der Waals surface area contributed by atoms with E-state index in [1.54, 1.807) is 10.9 Å². The van der Waals surface area contributed by atoms with E-state index in [4.69, 9.17) is 4.74 Å². The number of carbonyl (C=O) groups is 1. The van der Waals surface area contributed by atoms with Gasteiger partial charge in [0.1, 0.15) is 0 Å². The van der Waals surface area contributed by atoms with Crippen molar-refractivity contribution in [3.8, 4) is 0 Å². The fourth-order valence-corrected chi connectivity index (χ4v) is 4.31. The maximum Gasteiger partial charge on any atom is 0.220 e. The van der Waals surface area contributed by atoms with Crippen molar-refractivity contribution in [2.24, 2.45) is 0 Å². The normalized spacial score (nSPS) is 21.7. The third kappa shape index (κ3) is 4.95. The molecule has 6 heteroatoms. The van der Waals surface area contributed by atoms with Gasteiger partial charge < -0.3 is 10.1 Å². The number of aromatic nitrogens is 3. The number of ether oxygens (including phenoxy) is 1. The summed E-state index contributed by atoms with van der Waals surface area (Å²) < 4.78 is 7.74. The molecule has 27 heavy (non-hydrogen) atoms. The number of aryl methyl sites for hydroxylation is 2. The van der Waals surface area contributed by atoms with E-state index in [-0.39, 0.29) is 16.9 Å². The van der Waals surface area contributed by atoms with Crippen molar-refractivity contribution in [2.45, 2.75) is 64.0 Å². The lowest BCUT2D eigenvalue weighted by Gasteiger charge is -2.45.